The minimum atomic E-state index is -0.339. The molecule has 6 nitrogen and oxygen atoms in total. The Morgan fingerprint density at radius 3 is 2.58 bits per heavy atom. The van der Waals surface area contributed by atoms with Crippen molar-refractivity contribution in [2.45, 2.75) is 58.2 Å². The van der Waals surface area contributed by atoms with Gasteiger partial charge >= 0.3 is 0 Å². The number of rotatable bonds is 6. The van der Waals surface area contributed by atoms with E-state index in [1.54, 1.807) is 18.1 Å². The molecule has 2 amide bonds. The Morgan fingerprint density at radius 1 is 1.31 bits per heavy atom. The standard InChI is InChI=1S/C20H31N3O3/c1-14-8-6-9-15(2)23(14)20(25)16(3)22(4)13-19(24)21-17-10-7-11-18(12-17)26-5/h7,10-12,14-16H,6,8-9,13H2,1-5H3,(H,21,24)/t14-,15+,16-/m1/s1. The summed E-state index contributed by atoms with van der Waals surface area (Å²) < 4.78 is 5.16. The van der Waals surface area contributed by atoms with Crippen LogP contribution in [0, 0.1) is 0 Å². The molecule has 0 radical (unpaired) electrons. The zero-order chi connectivity index (χ0) is 19.3. The molecule has 1 saturated heterocycles. The summed E-state index contributed by atoms with van der Waals surface area (Å²) in [4.78, 5) is 29.0. The van der Waals surface area contributed by atoms with Crippen molar-refractivity contribution in [2.75, 3.05) is 26.0 Å². The normalized spacial score (nSPS) is 21.4. The molecule has 1 N–H and O–H groups in total. The van der Waals surface area contributed by atoms with E-state index in [2.05, 4.69) is 19.2 Å². The van der Waals surface area contributed by atoms with Crippen molar-refractivity contribution in [3.8, 4) is 5.75 Å². The summed E-state index contributed by atoms with van der Waals surface area (Å²) in [5.41, 5.74) is 0.681. The lowest BCUT2D eigenvalue weighted by Gasteiger charge is -2.41. The fourth-order valence-corrected chi connectivity index (χ4v) is 3.52. The van der Waals surface area contributed by atoms with Gasteiger partial charge in [-0.1, -0.05) is 6.07 Å². The third-order valence-corrected chi connectivity index (χ3v) is 5.21. The van der Waals surface area contributed by atoms with Crippen molar-refractivity contribution in [1.82, 2.24) is 9.80 Å². The van der Waals surface area contributed by atoms with Gasteiger partial charge in [-0.15, -0.1) is 0 Å². The van der Waals surface area contributed by atoms with Crippen LogP contribution in [-0.4, -0.2) is 60.4 Å². The predicted octanol–water partition coefficient (Wildman–Crippen LogP) is 2.74. The summed E-state index contributed by atoms with van der Waals surface area (Å²) in [6, 6.07) is 7.40. The van der Waals surface area contributed by atoms with Gasteiger partial charge in [-0.05, 0) is 59.2 Å². The smallest absolute Gasteiger partial charge is 0.240 e. The Hall–Kier alpha value is -2.08. The van der Waals surface area contributed by atoms with E-state index in [1.807, 2.05) is 37.1 Å². The molecule has 0 aliphatic carbocycles. The molecule has 0 aromatic heterocycles. The highest BCUT2D eigenvalue weighted by Gasteiger charge is 2.33. The zero-order valence-electron chi connectivity index (χ0n) is 16.5. The molecule has 1 fully saturated rings. The van der Waals surface area contributed by atoms with Crippen LogP contribution in [0.1, 0.15) is 40.0 Å². The van der Waals surface area contributed by atoms with Crippen LogP contribution >= 0.6 is 0 Å². The van der Waals surface area contributed by atoms with Gasteiger partial charge in [0.1, 0.15) is 5.75 Å². The summed E-state index contributed by atoms with van der Waals surface area (Å²) >= 11 is 0. The zero-order valence-corrected chi connectivity index (χ0v) is 16.5. The minimum absolute atomic E-state index is 0.0985. The molecule has 1 aromatic carbocycles. The van der Waals surface area contributed by atoms with Gasteiger partial charge in [0.25, 0.3) is 0 Å². The number of piperidine rings is 1. The molecular formula is C20H31N3O3. The van der Waals surface area contributed by atoms with Gasteiger partial charge < -0.3 is 15.0 Å². The molecule has 6 heteroatoms. The molecule has 26 heavy (non-hydrogen) atoms. The van der Waals surface area contributed by atoms with E-state index in [1.165, 1.54) is 6.42 Å². The highest BCUT2D eigenvalue weighted by Crippen LogP contribution is 2.24. The molecule has 1 heterocycles. The lowest BCUT2D eigenvalue weighted by atomic mass is 9.96. The van der Waals surface area contributed by atoms with Crippen LogP contribution in [-0.2, 0) is 9.59 Å². The third-order valence-electron chi connectivity index (χ3n) is 5.21. The first-order chi connectivity index (χ1) is 12.3. The number of carbonyl (C=O) groups excluding carboxylic acids is 2. The second-order valence-corrected chi connectivity index (χ2v) is 7.25. The Labute approximate surface area is 156 Å². The largest absolute Gasteiger partial charge is 0.497 e. The molecule has 0 saturated carbocycles. The van der Waals surface area contributed by atoms with E-state index < -0.39 is 0 Å². The Balaban J connectivity index is 1.93. The van der Waals surface area contributed by atoms with Crippen LogP contribution in [0.3, 0.4) is 0 Å². The quantitative estimate of drug-likeness (QED) is 0.846. The highest BCUT2D eigenvalue weighted by atomic mass is 16.5. The number of nitrogens with zero attached hydrogens (tertiary/aromatic N) is 2. The maximum Gasteiger partial charge on any atom is 0.240 e. The second-order valence-electron chi connectivity index (χ2n) is 7.25. The molecule has 0 bridgehead atoms. The van der Waals surface area contributed by atoms with E-state index >= 15 is 0 Å². The molecule has 1 aromatic rings. The van der Waals surface area contributed by atoms with E-state index in [4.69, 9.17) is 4.74 Å². The number of nitrogens with one attached hydrogen (secondary N) is 1. The topological polar surface area (TPSA) is 61.9 Å². The monoisotopic (exact) mass is 361 g/mol. The average molecular weight is 361 g/mol. The van der Waals surface area contributed by atoms with E-state index in [0.29, 0.717) is 11.4 Å². The number of benzene rings is 1. The Bertz CT molecular complexity index is 624. The van der Waals surface area contributed by atoms with Gasteiger partial charge in [0, 0.05) is 23.8 Å². The van der Waals surface area contributed by atoms with Gasteiger partial charge in [-0.2, -0.15) is 0 Å². The van der Waals surface area contributed by atoms with Crippen LogP contribution in [0.15, 0.2) is 24.3 Å². The van der Waals surface area contributed by atoms with Gasteiger partial charge in [-0.25, -0.2) is 0 Å². The SMILES string of the molecule is COc1cccc(NC(=O)CN(C)[C@H](C)C(=O)N2[C@H](C)CCC[C@@H]2C)c1. The number of hydrogen-bond donors (Lipinski definition) is 1. The molecule has 0 spiro atoms. The number of likely N-dealkylation sites (tertiary alicyclic amines) is 1. The van der Waals surface area contributed by atoms with Crippen molar-refractivity contribution in [2.24, 2.45) is 0 Å². The first-order valence-electron chi connectivity index (χ1n) is 9.29. The lowest BCUT2D eigenvalue weighted by molar-refractivity contribution is -0.142. The van der Waals surface area contributed by atoms with Crippen molar-refractivity contribution >= 4 is 17.5 Å². The van der Waals surface area contributed by atoms with Crippen LogP contribution in [0.5, 0.6) is 5.75 Å². The lowest BCUT2D eigenvalue weighted by Crippen LogP contribution is -2.54. The second kappa shape index (κ2) is 9.03. The number of methoxy groups -OCH3 is 1. The third kappa shape index (κ3) is 4.97. The summed E-state index contributed by atoms with van der Waals surface area (Å²) in [6.45, 7) is 6.24. The van der Waals surface area contributed by atoms with Crippen LogP contribution in [0.2, 0.25) is 0 Å². The predicted molar refractivity (Wildman–Crippen MR) is 103 cm³/mol. The number of hydrogen-bond acceptors (Lipinski definition) is 4. The fraction of sp³-hybridized carbons (Fsp3) is 0.600. The van der Waals surface area contributed by atoms with Gasteiger partial charge in [0.2, 0.25) is 11.8 Å². The molecule has 1 aliphatic heterocycles. The molecule has 2 rings (SSSR count). The number of likely N-dealkylation sites (N-methyl/N-ethyl adjacent to an activating group) is 1. The van der Waals surface area contributed by atoms with E-state index in [0.717, 1.165) is 12.8 Å². The van der Waals surface area contributed by atoms with Gasteiger partial charge in [-0.3, -0.25) is 14.5 Å². The fourth-order valence-electron chi connectivity index (χ4n) is 3.52. The first-order valence-corrected chi connectivity index (χ1v) is 9.29. The van der Waals surface area contributed by atoms with Crippen molar-refractivity contribution in [3.05, 3.63) is 24.3 Å². The Kier molecular flexibility index (Phi) is 7.03. The summed E-state index contributed by atoms with van der Waals surface area (Å²) in [5.74, 6) is 0.634. The van der Waals surface area contributed by atoms with Crippen molar-refractivity contribution in [3.63, 3.8) is 0 Å². The van der Waals surface area contributed by atoms with Gasteiger partial charge in [0.05, 0.1) is 19.7 Å². The van der Waals surface area contributed by atoms with Gasteiger partial charge in [0.15, 0.2) is 0 Å². The number of ether oxygens (including phenoxy) is 1. The van der Waals surface area contributed by atoms with Crippen LogP contribution in [0.25, 0.3) is 0 Å². The summed E-state index contributed by atoms with van der Waals surface area (Å²) in [5, 5.41) is 2.85. The average Bonchev–Trinajstić information content (AvgIpc) is 2.60. The van der Waals surface area contributed by atoms with Crippen LogP contribution in [0.4, 0.5) is 5.69 Å². The first kappa shape index (κ1) is 20.2. The number of amides is 2. The molecule has 144 valence electrons. The summed E-state index contributed by atoms with van der Waals surface area (Å²) in [7, 11) is 3.40. The summed E-state index contributed by atoms with van der Waals surface area (Å²) in [6.07, 6.45) is 3.25. The molecule has 3 atom stereocenters. The molecular weight excluding hydrogens is 330 g/mol. The minimum Gasteiger partial charge on any atom is -0.497 e. The molecule has 0 unspecified atom stereocenters. The van der Waals surface area contributed by atoms with Crippen LogP contribution < -0.4 is 10.1 Å². The maximum atomic E-state index is 12.9. The molecule has 1 aliphatic rings. The number of carbonyl (C=O) groups is 2. The van der Waals surface area contributed by atoms with Crippen molar-refractivity contribution < 1.29 is 14.3 Å². The highest BCUT2D eigenvalue weighted by molar-refractivity contribution is 5.93. The Morgan fingerprint density at radius 2 is 1.96 bits per heavy atom. The number of anilines is 1. The van der Waals surface area contributed by atoms with E-state index in [9.17, 15) is 9.59 Å². The maximum absolute atomic E-state index is 12.9. The van der Waals surface area contributed by atoms with E-state index in [-0.39, 0.29) is 36.5 Å². The van der Waals surface area contributed by atoms with Crippen molar-refractivity contribution in [1.29, 1.82) is 0 Å².